The van der Waals surface area contributed by atoms with Gasteiger partial charge in [0.1, 0.15) is 17.6 Å². The molecule has 4 nitrogen and oxygen atoms in total. The summed E-state index contributed by atoms with van der Waals surface area (Å²) in [6.07, 6.45) is 3.45. The van der Waals surface area contributed by atoms with Crippen molar-refractivity contribution in [3.8, 4) is 28.5 Å². The van der Waals surface area contributed by atoms with Gasteiger partial charge < -0.3 is 0 Å². The predicted molar refractivity (Wildman–Crippen MR) is 93.3 cm³/mol. The van der Waals surface area contributed by atoms with Crippen LogP contribution in [0.1, 0.15) is 11.3 Å². The van der Waals surface area contributed by atoms with Crippen LogP contribution in [-0.2, 0) is 0 Å². The van der Waals surface area contributed by atoms with Gasteiger partial charge in [-0.2, -0.15) is 10.4 Å². The lowest BCUT2D eigenvalue weighted by atomic mass is 10.00. The number of nitriles is 1. The van der Waals surface area contributed by atoms with Crippen LogP contribution in [0.2, 0.25) is 0 Å². The molecule has 0 aliphatic carbocycles. The summed E-state index contributed by atoms with van der Waals surface area (Å²) in [7, 11) is 0. The fourth-order valence-corrected chi connectivity index (χ4v) is 2.91. The van der Waals surface area contributed by atoms with Crippen molar-refractivity contribution < 1.29 is 4.39 Å². The monoisotopic (exact) mass is 328 g/mol. The summed E-state index contributed by atoms with van der Waals surface area (Å²) >= 11 is 0. The molecule has 1 aromatic carbocycles. The number of aromatic nitrogens is 3. The molecular weight excluding hydrogens is 315 g/mol. The molecule has 3 heterocycles. The number of hydrogen-bond donors (Lipinski definition) is 0. The Morgan fingerprint density at radius 1 is 1.04 bits per heavy atom. The largest absolute Gasteiger partial charge is 0.262 e. The van der Waals surface area contributed by atoms with E-state index < -0.39 is 0 Å². The summed E-state index contributed by atoms with van der Waals surface area (Å²) in [4.78, 5) is 4.25. The van der Waals surface area contributed by atoms with Gasteiger partial charge in [-0.15, -0.1) is 0 Å². The first kappa shape index (κ1) is 15.0. The molecule has 120 valence electrons. The zero-order valence-electron chi connectivity index (χ0n) is 13.4. The Hall–Kier alpha value is -3.52. The summed E-state index contributed by atoms with van der Waals surface area (Å²) in [6, 6.07) is 15.9. The van der Waals surface area contributed by atoms with Gasteiger partial charge in [-0.25, -0.2) is 8.91 Å². The molecule has 0 aliphatic heterocycles. The zero-order valence-corrected chi connectivity index (χ0v) is 13.4. The number of rotatable bonds is 2. The van der Waals surface area contributed by atoms with E-state index in [0.29, 0.717) is 5.56 Å². The Morgan fingerprint density at radius 2 is 1.84 bits per heavy atom. The lowest BCUT2D eigenvalue weighted by molar-refractivity contribution is 0.628. The number of nitrogens with zero attached hydrogens (tertiary/aromatic N) is 4. The highest BCUT2D eigenvalue weighted by molar-refractivity contribution is 5.92. The van der Waals surface area contributed by atoms with Crippen molar-refractivity contribution in [2.45, 2.75) is 6.92 Å². The van der Waals surface area contributed by atoms with Crippen molar-refractivity contribution in [3.63, 3.8) is 0 Å². The van der Waals surface area contributed by atoms with Crippen molar-refractivity contribution >= 4 is 5.52 Å². The molecule has 0 bridgehead atoms. The van der Waals surface area contributed by atoms with Gasteiger partial charge in [0.15, 0.2) is 0 Å². The molecule has 0 N–H and O–H groups in total. The average Bonchev–Trinajstić information content (AvgIpc) is 3.00. The highest BCUT2D eigenvalue weighted by Gasteiger charge is 2.17. The standard InChI is InChI=1S/C20H13FN4/c1-13-10-16(8-9-23-13)19-18-7-2-14(11-22)12-25(18)24-20(19)15-3-5-17(21)6-4-15/h2-10,12H,1H3. The van der Waals surface area contributed by atoms with Crippen molar-refractivity contribution in [1.29, 1.82) is 5.26 Å². The minimum absolute atomic E-state index is 0.291. The van der Waals surface area contributed by atoms with Crippen LogP contribution < -0.4 is 0 Å². The molecule has 0 saturated carbocycles. The lowest BCUT2D eigenvalue weighted by Gasteiger charge is -2.05. The molecule has 0 spiro atoms. The predicted octanol–water partition coefficient (Wildman–Crippen LogP) is 4.38. The summed E-state index contributed by atoms with van der Waals surface area (Å²) in [5, 5.41) is 13.8. The number of pyridine rings is 2. The number of benzene rings is 1. The normalized spacial score (nSPS) is 10.8. The van der Waals surface area contributed by atoms with Gasteiger partial charge in [0.25, 0.3) is 0 Å². The topological polar surface area (TPSA) is 54.0 Å². The van der Waals surface area contributed by atoms with Crippen molar-refractivity contribution in [2.24, 2.45) is 0 Å². The second kappa shape index (κ2) is 5.84. The molecule has 0 radical (unpaired) electrons. The summed E-state index contributed by atoms with van der Waals surface area (Å²) in [5.41, 5.74) is 5.76. The molecule has 0 saturated heterocycles. The molecule has 0 fully saturated rings. The second-order valence-electron chi connectivity index (χ2n) is 5.78. The first-order chi connectivity index (χ1) is 12.2. The van der Waals surface area contributed by atoms with Gasteiger partial charge in [0.2, 0.25) is 0 Å². The van der Waals surface area contributed by atoms with Crippen molar-refractivity contribution in [1.82, 2.24) is 14.6 Å². The quantitative estimate of drug-likeness (QED) is 0.548. The molecule has 25 heavy (non-hydrogen) atoms. The molecule has 0 amide bonds. The first-order valence-electron chi connectivity index (χ1n) is 7.77. The zero-order chi connectivity index (χ0) is 17.4. The van der Waals surface area contributed by atoms with E-state index in [4.69, 9.17) is 5.26 Å². The number of hydrogen-bond acceptors (Lipinski definition) is 3. The Labute approximate surface area is 143 Å². The van der Waals surface area contributed by atoms with Crippen LogP contribution in [0.4, 0.5) is 4.39 Å². The molecular formula is C20H13FN4. The highest BCUT2D eigenvalue weighted by Crippen LogP contribution is 2.35. The molecule has 0 unspecified atom stereocenters. The minimum Gasteiger partial charge on any atom is -0.262 e. The third kappa shape index (κ3) is 2.64. The molecule has 5 heteroatoms. The summed E-state index contributed by atoms with van der Waals surface area (Å²) in [6.45, 7) is 1.93. The second-order valence-corrected chi connectivity index (χ2v) is 5.78. The van der Waals surface area contributed by atoms with Crippen LogP contribution in [0.3, 0.4) is 0 Å². The van der Waals surface area contributed by atoms with E-state index in [1.165, 1.54) is 12.1 Å². The van der Waals surface area contributed by atoms with Crippen LogP contribution in [0.15, 0.2) is 60.9 Å². The molecule has 0 aliphatic rings. The Kier molecular flexibility index (Phi) is 3.51. The SMILES string of the molecule is Cc1cc(-c2c(-c3ccc(F)cc3)nn3cc(C#N)ccc23)ccn1. The maximum absolute atomic E-state index is 13.3. The van der Waals surface area contributed by atoms with Gasteiger partial charge in [0.05, 0.1) is 11.1 Å². The lowest BCUT2D eigenvalue weighted by Crippen LogP contribution is -1.88. The van der Waals surface area contributed by atoms with Crippen LogP contribution in [-0.4, -0.2) is 14.6 Å². The van der Waals surface area contributed by atoms with Crippen LogP contribution in [0, 0.1) is 24.1 Å². The van der Waals surface area contributed by atoms with E-state index in [0.717, 1.165) is 33.6 Å². The fraction of sp³-hybridized carbons (Fsp3) is 0.0500. The third-order valence-corrected chi connectivity index (χ3v) is 4.06. The highest BCUT2D eigenvalue weighted by atomic mass is 19.1. The number of halogens is 1. The fourth-order valence-electron chi connectivity index (χ4n) is 2.91. The Balaban J connectivity index is 2.05. The van der Waals surface area contributed by atoms with E-state index in [2.05, 4.69) is 16.2 Å². The number of aryl methyl sites for hydroxylation is 1. The summed E-state index contributed by atoms with van der Waals surface area (Å²) < 4.78 is 15.0. The van der Waals surface area contributed by atoms with Gasteiger partial charge in [0, 0.05) is 29.2 Å². The van der Waals surface area contributed by atoms with Crippen LogP contribution in [0.25, 0.3) is 27.9 Å². The molecule has 3 aromatic heterocycles. The van der Waals surface area contributed by atoms with Crippen molar-refractivity contribution in [3.05, 3.63) is 78.0 Å². The maximum Gasteiger partial charge on any atom is 0.123 e. The van der Waals surface area contributed by atoms with Gasteiger partial charge in [-0.1, -0.05) is 0 Å². The van der Waals surface area contributed by atoms with Gasteiger partial charge in [-0.3, -0.25) is 4.98 Å². The van der Waals surface area contributed by atoms with E-state index in [1.54, 1.807) is 35.1 Å². The third-order valence-electron chi connectivity index (χ3n) is 4.06. The molecule has 0 atom stereocenters. The van der Waals surface area contributed by atoms with E-state index >= 15 is 0 Å². The summed E-state index contributed by atoms with van der Waals surface area (Å²) in [5.74, 6) is -0.291. The smallest absolute Gasteiger partial charge is 0.123 e. The van der Waals surface area contributed by atoms with Gasteiger partial charge in [-0.05, 0) is 61.0 Å². The van der Waals surface area contributed by atoms with Crippen LogP contribution in [0.5, 0.6) is 0 Å². The average molecular weight is 328 g/mol. The molecule has 4 aromatic rings. The first-order valence-corrected chi connectivity index (χ1v) is 7.77. The maximum atomic E-state index is 13.3. The Morgan fingerprint density at radius 3 is 2.56 bits per heavy atom. The van der Waals surface area contributed by atoms with E-state index in [1.807, 2.05) is 25.1 Å². The van der Waals surface area contributed by atoms with Gasteiger partial charge >= 0.3 is 0 Å². The Bertz CT molecular complexity index is 1120. The van der Waals surface area contributed by atoms with E-state index in [9.17, 15) is 4.39 Å². The van der Waals surface area contributed by atoms with E-state index in [-0.39, 0.29) is 5.82 Å². The molecule has 4 rings (SSSR count). The van der Waals surface area contributed by atoms with Crippen molar-refractivity contribution in [2.75, 3.05) is 0 Å². The minimum atomic E-state index is -0.291. The number of fused-ring (bicyclic) bond motifs is 1. The van der Waals surface area contributed by atoms with Crippen LogP contribution >= 0.6 is 0 Å².